The number of nitrogens with zero attached hydrogens (tertiary/aromatic N) is 2. The first kappa shape index (κ1) is 14.5. The fraction of sp³-hybridized carbons (Fsp3) is 0.333. The number of rotatable bonds is 3. The zero-order valence-corrected chi connectivity index (χ0v) is 10.4. The number of hydrogen-bond donors (Lipinski definition) is 2. The van der Waals surface area contributed by atoms with Crippen molar-refractivity contribution in [1.82, 2.24) is 10.1 Å². The minimum atomic E-state index is -4.45. The summed E-state index contributed by atoms with van der Waals surface area (Å²) in [6.07, 6.45) is -5.36. The number of aliphatic hydroxyl groups is 1. The lowest BCUT2D eigenvalue weighted by Crippen LogP contribution is -2.23. The molecule has 5 nitrogen and oxygen atoms in total. The maximum atomic E-state index is 12.6. The van der Waals surface area contributed by atoms with Crippen LogP contribution in [0.25, 0.3) is 11.4 Å². The summed E-state index contributed by atoms with van der Waals surface area (Å²) in [5.41, 5.74) is 4.96. The molecule has 2 unspecified atom stereocenters. The molecule has 0 radical (unpaired) electrons. The van der Waals surface area contributed by atoms with Gasteiger partial charge in [0.15, 0.2) is 0 Å². The van der Waals surface area contributed by atoms with Gasteiger partial charge >= 0.3 is 6.18 Å². The topological polar surface area (TPSA) is 85.2 Å². The third-order valence-electron chi connectivity index (χ3n) is 2.69. The summed E-state index contributed by atoms with van der Waals surface area (Å²) in [7, 11) is 0. The van der Waals surface area contributed by atoms with E-state index in [1.165, 1.54) is 19.1 Å². The van der Waals surface area contributed by atoms with Gasteiger partial charge in [-0.3, -0.25) is 0 Å². The molecule has 0 spiro atoms. The molecule has 1 heterocycles. The molecule has 0 amide bonds. The molecule has 0 saturated carbocycles. The van der Waals surface area contributed by atoms with Gasteiger partial charge in [-0.25, -0.2) is 0 Å². The first-order chi connectivity index (χ1) is 9.29. The van der Waals surface area contributed by atoms with Gasteiger partial charge in [-0.05, 0) is 19.1 Å². The van der Waals surface area contributed by atoms with Gasteiger partial charge in [0.25, 0.3) is 0 Å². The minimum absolute atomic E-state index is 0.0119. The fourth-order valence-corrected chi connectivity index (χ4v) is 1.53. The monoisotopic (exact) mass is 287 g/mol. The van der Waals surface area contributed by atoms with E-state index in [-0.39, 0.29) is 17.3 Å². The van der Waals surface area contributed by atoms with Crippen LogP contribution in [0.1, 0.15) is 24.4 Å². The standard InChI is InChI=1S/C12H12F3N3O2/c1-6(19)9(16)11-17-10(18-20-11)7-3-2-4-8(5-7)12(13,14)15/h2-6,9,19H,16H2,1H3. The number of halogens is 3. The van der Waals surface area contributed by atoms with Crippen LogP contribution in [0.15, 0.2) is 28.8 Å². The number of hydrogen-bond acceptors (Lipinski definition) is 5. The van der Waals surface area contributed by atoms with Crippen molar-refractivity contribution in [3.05, 3.63) is 35.7 Å². The third kappa shape index (κ3) is 2.97. The van der Waals surface area contributed by atoms with E-state index < -0.39 is 23.9 Å². The lowest BCUT2D eigenvalue weighted by atomic mass is 10.1. The van der Waals surface area contributed by atoms with Crippen LogP contribution in [0.5, 0.6) is 0 Å². The zero-order valence-electron chi connectivity index (χ0n) is 10.4. The molecule has 0 aliphatic carbocycles. The lowest BCUT2D eigenvalue weighted by Gasteiger charge is -2.08. The average molecular weight is 287 g/mol. The SMILES string of the molecule is CC(O)C(N)c1nc(-c2cccc(C(F)(F)F)c2)no1. The first-order valence-electron chi connectivity index (χ1n) is 5.74. The fourth-order valence-electron chi connectivity index (χ4n) is 1.53. The van der Waals surface area contributed by atoms with Gasteiger partial charge in [-0.1, -0.05) is 17.3 Å². The normalized spacial score (nSPS) is 15.1. The maximum absolute atomic E-state index is 12.6. The smallest absolute Gasteiger partial charge is 0.391 e. The molecule has 0 bridgehead atoms. The number of nitrogens with two attached hydrogens (primary N) is 1. The summed E-state index contributed by atoms with van der Waals surface area (Å²) in [5.74, 6) is -0.0467. The van der Waals surface area contributed by atoms with Crippen LogP contribution in [-0.2, 0) is 6.18 Å². The second kappa shape index (κ2) is 5.22. The summed E-state index contributed by atoms with van der Waals surface area (Å²) in [4.78, 5) is 3.89. The Balaban J connectivity index is 2.33. The molecule has 1 aromatic carbocycles. The van der Waals surface area contributed by atoms with Gasteiger partial charge in [0.1, 0.15) is 6.04 Å². The molecule has 108 valence electrons. The van der Waals surface area contributed by atoms with Crippen molar-refractivity contribution < 1.29 is 22.8 Å². The molecular formula is C12H12F3N3O2. The summed E-state index contributed by atoms with van der Waals surface area (Å²) in [6, 6.07) is 3.66. The lowest BCUT2D eigenvalue weighted by molar-refractivity contribution is -0.137. The number of benzene rings is 1. The van der Waals surface area contributed by atoms with Crippen LogP contribution >= 0.6 is 0 Å². The highest BCUT2D eigenvalue weighted by Crippen LogP contribution is 2.31. The Labute approximate surface area is 112 Å². The zero-order chi connectivity index (χ0) is 14.9. The first-order valence-corrected chi connectivity index (χ1v) is 5.74. The quantitative estimate of drug-likeness (QED) is 0.903. The molecule has 8 heteroatoms. The van der Waals surface area contributed by atoms with E-state index in [9.17, 15) is 18.3 Å². The number of alkyl halides is 3. The average Bonchev–Trinajstić information content (AvgIpc) is 2.86. The van der Waals surface area contributed by atoms with Crippen LogP contribution < -0.4 is 5.73 Å². The van der Waals surface area contributed by atoms with E-state index in [0.29, 0.717) is 0 Å². The van der Waals surface area contributed by atoms with E-state index in [1.807, 2.05) is 0 Å². The molecule has 0 saturated heterocycles. The highest BCUT2D eigenvalue weighted by molar-refractivity contribution is 5.55. The molecule has 2 rings (SSSR count). The molecular weight excluding hydrogens is 275 g/mol. The Morgan fingerprint density at radius 2 is 2.05 bits per heavy atom. The van der Waals surface area contributed by atoms with Crippen molar-refractivity contribution in [3.8, 4) is 11.4 Å². The molecule has 3 N–H and O–H groups in total. The predicted octanol–water partition coefficient (Wildman–Crippen LogP) is 2.14. The highest BCUT2D eigenvalue weighted by Gasteiger charge is 2.31. The van der Waals surface area contributed by atoms with Gasteiger partial charge in [-0.2, -0.15) is 18.2 Å². The molecule has 1 aromatic heterocycles. The second-order valence-corrected chi connectivity index (χ2v) is 4.30. The van der Waals surface area contributed by atoms with E-state index in [2.05, 4.69) is 10.1 Å². The number of aromatic nitrogens is 2. The van der Waals surface area contributed by atoms with Crippen molar-refractivity contribution in [3.63, 3.8) is 0 Å². The van der Waals surface area contributed by atoms with Gasteiger partial charge in [-0.15, -0.1) is 0 Å². The van der Waals surface area contributed by atoms with Crippen molar-refractivity contribution >= 4 is 0 Å². The van der Waals surface area contributed by atoms with E-state index in [0.717, 1.165) is 12.1 Å². The van der Waals surface area contributed by atoms with Gasteiger partial charge in [0.2, 0.25) is 11.7 Å². The van der Waals surface area contributed by atoms with Crippen molar-refractivity contribution in [2.24, 2.45) is 5.73 Å². The summed E-state index contributed by atoms with van der Waals surface area (Å²) >= 11 is 0. The van der Waals surface area contributed by atoms with Crippen molar-refractivity contribution in [2.75, 3.05) is 0 Å². The van der Waals surface area contributed by atoms with E-state index >= 15 is 0 Å². The molecule has 2 atom stereocenters. The van der Waals surface area contributed by atoms with Crippen molar-refractivity contribution in [2.45, 2.75) is 25.2 Å². The Morgan fingerprint density at radius 3 is 2.65 bits per heavy atom. The summed E-state index contributed by atoms with van der Waals surface area (Å²) in [6.45, 7) is 1.44. The molecule has 0 aliphatic heterocycles. The second-order valence-electron chi connectivity index (χ2n) is 4.30. The Morgan fingerprint density at radius 1 is 1.35 bits per heavy atom. The molecule has 0 aliphatic rings. The van der Waals surface area contributed by atoms with Crippen LogP contribution in [0.3, 0.4) is 0 Å². The van der Waals surface area contributed by atoms with Crippen LogP contribution in [0, 0.1) is 0 Å². The molecule has 2 aromatic rings. The van der Waals surface area contributed by atoms with Crippen LogP contribution in [0.2, 0.25) is 0 Å². The number of aliphatic hydroxyl groups excluding tert-OH is 1. The molecule has 0 fully saturated rings. The molecule has 20 heavy (non-hydrogen) atoms. The van der Waals surface area contributed by atoms with Crippen LogP contribution in [0.4, 0.5) is 13.2 Å². The van der Waals surface area contributed by atoms with E-state index in [1.54, 1.807) is 0 Å². The third-order valence-corrected chi connectivity index (χ3v) is 2.69. The summed E-state index contributed by atoms with van der Waals surface area (Å²) < 4.78 is 42.7. The maximum Gasteiger partial charge on any atom is 0.416 e. The van der Waals surface area contributed by atoms with Gasteiger partial charge in [0.05, 0.1) is 11.7 Å². The minimum Gasteiger partial charge on any atom is -0.391 e. The Hall–Kier alpha value is -1.93. The van der Waals surface area contributed by atoms with Gasteiger partial charge < -0.3 is 15.4 Å². The largest absolute Gasteiger partial charge is 0.416 e. The summed E-state index contributed by atoms with van der Waals surface area (Å²) in [5, 5.41) is 12.9. The van der Waals surface area contributed by atoms with Crippen LogP contribution in [-0.4, -0.2) is 21.4 Å². The Kier molecular flexibility index (Phi) is 3.78. The van der Waals surface area contributed by atoms with E-state index in [4.69, 9.17) is 10.3 Å². The van der Waals surface area contributed by atoms with Crippen molar-refractivity contribution in [1.29, 1.82) is 0 Å². The van der Waals surface area contributed by atoms with Gasteiger partial charge in [0, 0.05) is 5.56 Å². The highest BCUT2D eigenvalue weighted by atomic mass is 19.4. The Bertz CT molecular complexity index is 596. The predicted molar refractivity (Wildman–Crippen MR) is 63.3 cm³/mol.